The van der Waals surface area contributed by atoms with E-state index >= 15 is 0 Å². The average Bonchev–Trinajstić information content (AvgIpc) is 3.27. The van der Waals surface area contributed by atoms with Crippen molar-refractivity contribution in [3.05, 3.63) is 93.2 Å². The molecule has 1 heterocycles. The van der Waals surface area contributed by atoms with Crippen LogP contribution in [0.2, 0.25) is 0 Å². The van der Waals surface area contributed by atoms with Crippen molar-refractivity contribution in [3.8, 4) is 0 Å². The number of hydrogen-bond donors (Lipinski definition) is 1. The highest BCUT2D eigenvalue weighted by Gasteiger charge is 2.23. The van der Waals surface area contributed by atoms with E-state index in [1.54, 1.807) is 35.7 Å². The molecule has 0 fully saturated rings. The lowest BCUT2D eigenvalue weighted by Crippen LogP contribution is -2.35. The predicted molar refractivity (Wildman–Crippen MR) is 112 cm³/mol. The van der Waals surface area contributed by atoms with Crippen LogP contribution in [0, 0.1) is 6.92 Å². The largest absolute Gasteiger partial charge is 0.449 e. The van der Waals surface area contributed by atoms with Crippen LogP contribution in [-0.2, 0) is 16.1 Å². The minimum atomic E-state index is -0.988. The number of esters is 1. The summed E-state index contributed by atoms with van der Waals surface area (Å²) in [5, 5.41) is 4.55. The zero-order valence-electron chi connectivity index (χ0n) is 16.2. The van der Waals surface area contributed by atoms with Gasteiger partial charge in [0.05, 0.1) is 10.4 Å². The van der Waals surface area contributed by atoms with Crippen molar-refractivity contribution in [1.82, 2.24) is 5.32 Å². The SMILES string of the molecule is Cc1ccc(CNC(=O)[C@@H](C)OC(=O)c2ccccc2C(=O)c2cccs2)cc1. The molecule has 0 radical (unpaired) electrons. The molecule has 0 saturated carbocycles. The van der Waals surface area contributed by atoms with E-state index < -0.39 is 18.0 Å². The molecule has 1 atom stereocenters. The Labute approximate surface area is 173 Å². The molecule has 6 heteroatoms. The van der Waals surface area contributed by atoms with Crippen LogP contribution in [0.15, 0.2) is 66.0 Å². The van der Waals surface area contributed by atoms with Gasteiger partial charge in [-0.15, -0.1) is 11.3 Å². The van der Waals surface area contributed by atoms with E-state index in [1.165, 1.54) is 24.3 Å². The number of aryl methyl sites for hydroxylation is 1. The van der Waals surface area contributed by atoms with Crippen molar-refractivity contribution in [2.75, 3.05) is 0 Å². The monoisotopic (exact) mass is 407 g/mol. The van der Waals surface area contributed by atoms with Crippen LogP contribution < -0.4 is 5.32 Å². The zero-order chi connectivity index (χ0) is 20.8. The number of carbonyl (C=O) groups excluding carboxylic acids is 3. The number of carbonyl (C=O) groups is 3. The topological polar surface area (TPSA) is 72.5 Å². The van der Waals surface area contributed by atoms with E-state index in [9.17, 15) is 14.4 Å². The van der Waals surface area contributed by atoms with Gasteiger partial charge >= 0.3 is 5.97 Å². The maximum absolute atomic E-state index is 12.7. The number of thiophene rings is 1. The molecule has 29 heavy (non-hydrogen) atoms. The summed E-state index contributed by atoms with van der Waals surface area (Å²) in [6, 6.07) is 17.7. The molecular weight excluding hydrogens is 386 g/mol. The van der Waals surface area contributed by atoms with Gasteiger partial charge in [-0.3, -0.25) is 9.59 Å². The third-order valence-corrected chi connectivity index (χ3v) is 5.25. The fraction of sp³-hybridized carbons (Fsp3) is 0.174. The molecule has 5 nitrogen and oxygen atoms in total. The Kier molecular flexibility index (Phi) is 6.57. The van der Waals surface area contributed by atoms with Gasteiger partial charge < -0.3 is 10.1 Å². The highest BCUT2D eigenvalue weighted by molar-refractivity contribution is 7.12. The predicted octanol–water partition coefficient (Wildman–Crippen LogP) is 4.15. The second-order valence-corrected chi connectivity index (χ2v) is 7.55. The Balaban J connectivity index is 1.64. The lowest BCUT2D eigenvalue weighted by molar-refractivity contribution is -0.129. The Hall–Kier alpha value is -3.25. The first-order chi connectivity index (χ1) is 14.0. The van der Waals surface area contributed by atoms with Gasteiger partial charge in [-0.1, -0.05) is 54.1 Å². The summed E-state index contributed by atoms with van der Waals surface area (Å²) in [4.78, 5) is 38.1. The highest BCUT2D eigenvalue weighted by Crippen LogP contribution is 2.19. The summed E-state index contributed by atoms with van der Waals surface area (Å²) in [7, 11) is 0. The molecule has 0 saturated heterocycles. The van der Waals surface area contributed by atoms with Gasteiger partial charge in [0, 0.05) is 12.1 Å². The van der Waals surface area contributed by atoms with Crippen molar-refractivity contribution in [3.63, 3.8) is 0 Å². The molecule has 0 unspecified atom stereocenters. The van der Waals surface area contributed by atoms with Gasteiger partial charge in [0.1, 0.15) is 0 Å². The Morgan fingerprint density at radius 2 is 1.66 bits per heavy atom. The molecular formula is C23H21NO4S. The second-order valence-electron chi connectivity index (χ2n) is 6.60. The van der Waals surface area contributed by atoms with Crippen LogP contribution in [0.5, 0.6) is 0 Å². The van der Waals surface area contributed by atoms with Gasteiger partial charge in [0.2, 0.25) is 5.78 Å². The van der Waals surface area contributed by atoms with Crippen LogP contribution in [0.3, 0.4) is 0 Å². The summed E-state index contributed by atoms with van der Waals surface area (Å²) in [6.07, 6.45) is -0.988. The van der Waals surface area contributed by atoms with E-state index in [0.29, 0.717) is 11.4 Å². The third-order valence-electron chi connectivity index (χ3n) is 4.38. The molecule has 1 N–H and O–H groups in total. The second kappa shape index (κ2) is 9.30. The van der Waals surface area contributed by atoms with Crippen LogP contribution in [0.4, 0.5) is 0 Å². The van der Waals surface area contributed by atoms with Crippen molar-refractivity contribution in [2.24, 2.45) is 0 Å². The third kappa shape index (κ3) is 5.18. The molecule has 0 aliphatic heterocycles. The molecule has 3 rings (SSSR count). The van der Waals surface area contributed by atoms with Crippen molar-refractivity contribution >= 4 is 29.0 Å². The average molecular weight is 407 g/mol. The van der Waals surface area contributed by atoms with Gasteiger partial charge in [-0.05, 0) is 36.9 Å². The molecule has 0 bridgehead atoms. The smallest absolute Gasteiger partial charge is 0.339 e. The van der Waals surface area contributed by atoms with Crippen molar-refractivity contribution in [2.45, 2.75) is 26.5 Å². The maximum Gasteiger partial charge on any atom is 0.339 e. The molecule has 1 aromatic heterocycles. The first-order valence-corrected chi connectivity index (χ1v) is 10.0. The van der Waals surface area contributed by atoms with E-state index in [-0.39, 0.29) is 16.9 Å². The zero-order valence-corrected chi connectivity index (χ0v) is 17.0. The van der Waals surface area contributed by atoms with Crippen LogP contribution in [0.25, 0.3) is 0 Å². The van der Waals surface area contributed by atoms with E-state index in [0.717, 1.165) is 11.1 Å². The number of nitrogens with one attached hydrogen (secondary N) is 1. The van der Waals surface area contributed by atoms with E-state index in [1.807, 2.05) is 31.2 Å². The fourth-order valence-electron chi connectivity index (χ4n) is 2.72. The van der Waals surface area contributed by atoms with Gasteiger partial charge in [0.25, 0.3) is 5.91 Å². The van der Waals surface area contributed by atoms with E-state index in [2.05, 4.69) is 5.32 Å². The number of amides is 1. The molecule has 0 aliphatic carbocycles. The molecule has 0 spiro atoms. The molecule has 2 aromatic carbocycles. The summed E-state index contributed by atoms with van der Waals surface area (Å²) >= 11 is 1.30. The summed E-state index contributed by atoms with van der Waals surface area (Å²) in [6.45, 7) is 3.84. The fourth-order valence-corrected chi connectivity index (χ4v) is 3.39. The first kappa shape index (κ1) is 20.5. The van der Waals surface area contributed by atoms with Gasteiger partial charge in [-0.2, -0.15) is 0 Å². The van der Waals surface area contributed by atoms with E-state index in [4.69, 9.17) is 4.74 Å². The number of ketones is 1. The van der Waals surface area contributed by atoms with Crippen LogP contribution in [-0.4, -0.2) is 23.8 Å². The van der Waals surface area contributed by atoms with Crippen LogP contribution in [0.1, 0.15) is 43.6 Å². The molecule has 0 aliphatic rings. The minimum Gasteiger partial charge on any atom is -0.449 e. The maximum atomic E-state index is 12.7. The Morgan fingerprint density at radius 1 is 0.966 bits per heavy atom. The van der Waals surface area contributed by atoms with Crippen LogP contribution >= 0.6 is 11.3 Å². The molecule has 1 amide bonds. The summed E-state index contributed by atoms with van der Waals surface area (Å²) in [5.74, 6) is -1.35. The highest BCUT2D eigenvalue weighted by atomic mass is 32.1. The normalized spacial score (nSPS) is 11.5. The number of ether oxygens (including phenoxy) is 1. The minimum absolute atomic E-state index is 0.143. The lowest BCUT2D eigenvalue weighted by atomic mass is 10.0. The number of hydrogen-bond acceptors (Lipinski definition) is 5. The first-order valence-electron chi connectivity index (χ1n) is 9.17. The number of benzene rings is 2. The quantitative estimate of drug-likeness (QED) is 0.472. The summed E-state index contributed by atoms with van der Waals surface area (Å²) < 4.78 is 5.31. The van der Waals surface area contributed by atoms with Gasteiger partial charge in [0.15, 0.2) is 6.10 Å². The Bertz CT molecular complexity index is 1010. The summed E-state index contributed by atoms with van der Waals surface area (Å²) in [5.41, 5.74) is 2.49. The molecule has 148 valence electrons. The number of rotatable bonds is 7. The molecule has 3 aromatic rings. The van der Waals surface area contributed by atoms with Crippen molar-refractivity contribution < 1.29 is 19.1 Å². The lowest BCUT2D eigenvalue weighted by Gasteiger charge is -2.15. The Morgan fingerprint density at radius 3 is 2.31 bits per heavy atom. The standard InChI is InChI=1S/C23H21NO4S/c1-15-9-11-17(12-10-15)14-24-22(26)16(2)28-23(27)19-7-4-3-6-18(19)21(25)20-8-5-13-29-20/h3-13,16H,14H2,1-2H3,(H,24,26)/t16-/m1/s1. The van der Waals surface area contributed by atoms with Crippen molar-refractivity contribution in [1.29, 1.82) is 0 Å². The van der Waals surface area contributed by atoms with Gasteiger partial charge in [-0.25, -0.2) is 4.79 Å².